The Labute approximate surface area is 119 Å². The van der Waals surface area contributed by atoms with E-state index in [2.05, 4.69) is 4.83 Å². The lowest BCUT2D eigenvalue weighted by molar-refractivity contribution is 0.199. The number of hydrazine groups is 1. The van der Waals surface area contributed by atoms with Crippen LogP contribution in [0.1, 0.15) is 19.3 Å². The van der Waals surface area contributed by atoms with E-state index in [1.54, 1.807) is 29.3 Å². The van der Waals surface area contributed by atoms with Crippen molar-refractivity contribution in [1.82, 2.24) is 9.84 Å². The summed E-state index contributed by atoms with van der Waals surface area (Å²) in [5, 5.41) is 1.76. The van der Waals surface area contributed by atoms with Crippen molar-refractivity contribution < 1.29 is 13.2 Å². The molecule has 1 aromatic carbocycles. The number of sulfonamides is 1. The zero-order chi connectivity index (χ0) is 14.4. The molecule has 2 rings (SSSR count). The van der Waals surface area contributed by atoms with Gasteiger partial charge in [0.1, 0.15) is 12.4 Å². The average Bonchev–Trinajstić information content (AvgIpc) is 2.39. The van der Waals surface area contributed by atoms with Crippen LogP contribution in [0.4, 0.5) is 5.69 Å². The Kier molecular flexibility index (Phi) is 5.22. The number of nitrogens with one attached hydrogen (secondary N) is 1. The Morgan fingerprint density at radius 3 is 2.70 bits per heavy atom. The van der Waals surface area contributed by atoms with Gasteiger partial charge in [0.15, 0.2) is 0 Å². The third kappa shape index (κ3) is 4.99. The molecule has 0 radical (unpaired) electrons. The molecule has 0 aromatic heterocycles. The minimum absolute atomic E-state index is 0.0711. The van der Waals surface area contributed by atoms with Gasteiger partial charge >= 0.3 is 0 Å². The predicted octanol–water partition coefficient (Wildman–Crippen LogP) is 0.968. The van der Waals surface area contributed by atoms with Crippen LogP contribution < -0.4 is 15.3 Å². The summed E-state index contributed by atoms with van der Waals surface area (Å²) in [5.74, 6) is 0.511. The van der Waals surface area contributed by atoms with E-state index in [1.807, 2.05) is 0 Å². The molecule has 1 heterocycles. The van der Waals surface area contributed by atoms with Gasteiger partial charge in [0.2, 0.25) is 10.0 Å². The van der Waals surface area contributed by atoms with Crippen molar-refractivity contribution in [1.29, 1.82) is 0 Å². The molecule has 0 atom stereocenters. The molecule has 112 valence electrons. The van der Waals surface area contributed by atoms with E-state index in [9.17, 15) is 8.42 Å². The number of nitrogens with two attached hydrogens (primary N) is 1. The van der Waals surface area contributed by atoms with Crippen molar-refractivity contribution in [2.24, 2.45) is 0 Å². The number of hydrogen-bond donors (Lipinski definition) is 2. The normalized spacial score (nSPS) is 17.0. The highest BCUT2D eigenvalue weighted by atomic mass is 32.2. The lowest BCUT2D eigenvalue weighted by Gasteiger charge is -2.26. The monoisotopic (exact) mass is 299 g/mol. The van der Waals surface area contributed by atoms with Crippen LogP contribution in [0.5, 0.6) is 5.75 Å². The highest BCUT2D eigenvalue weighted by Gasteiger charge is 2.17. The molecule has 1 aliphatic rings. The first-order valence-corrected chi connectivity index (χ1v) is 8.44. The highest BCUT2D eigenvalue weighted by Crippen LogP contribution is 2.14. The second-order valence-electron chi connectivity index (χ2n) is 4.88. The van der Waals surface area contributed by atoms with Gasteiger partial charge in [-0.25, -0.2) is 13.4 Å². The standard InChI is InChI=1S/C13H21N3O3S/c14-12-5-4-6-13(11-12)19-9-10-20(17,18)15-16-7-2-1-3-8-16/h4-6,11,15H,1-3,7-10,14H2. The van der Waals surface area contributed by atoms with Crippen molar-refractivity contribution in [2.75, 3.05) is 31.2 Å². The molecule has 0 aliphatic carbocycles. The Bertz CT molecular complexity index is 527. The first kappa shape index (κ1) is 15.1. The molecular weight excluding hydrogens is 278 g/mol. The maximum atomic E-state index is 11.9. The lowest BCUT2D eigenvalue weighted by atomic mass is 10.2. The molecule has 0 amide bonds. The lowest BCUT2D eigenvalue weighted by Crippen LogP contribution is -2.46. The number of rotatable bonds is 6. The maximum absolute atomic E-state index is 11.9. The quantitative estimate of drug-likeness (QED) is 0.765. The van der Waals surface area contributed by atoms with E-state index >= 15 is 0 Å². The van der Waals surface area contributed by atoms with Crippen molar-refractivity contribution in [3.8, 4) is 5.75 Å². The number of ether oxygens (including phenoxy) is 1. The molecule has 0 bridgehead atoms. The highest BCUT2D eigenvalue weighted by molar-refractivity contribution is 7.89. The van der Waals surface area contributed by atoms with E-state index in [-0.39, 0.29) is 12.4 Å². The fraction of sp³-hybridized carbons (Fsp3) is 0.538. The van der Waals surface area contributed by atoms with Crippen molar-refractivity contribution in [2.45, 2.75) is 19.3 Å². The number of anilines is 1. The van der Waals surface area contributed by atoms with Gasteiger partial charge in [0.05, 0.1) is 5.75 Å². The molecule has 20 heavy (non-hydrogen) atoms. The molecule has 1 aliphatic heterocycles. The van der Waals surface area contributed by atoms with Crippen LogP contribution in [0.3, 0.4) is 0 Å². The molecule has 0 unspecified atom stereocenters. The van der Waals surface area contributed by atoms with Crippen LogP contribution in [0.25, 0.3) is 0 Å². The second kappa shape index (κ2) is 6.92. The molecule has 3 N–H and O–H groups in total. The molecule has 0 spiro atoms. The summed E-state index contributed by atoms with van der Waals surface area (Å²) >= 11 is 0. The second-order valence-corrected chi connectivity index (χ2v) is 6.70. The van der Waals surface area contributed by atoms with E-state index in [0.29, 0.717) is 11.4 Å². The number of nitrogen functional groups attached to an aromatic ring is 1. The first-order chi connectivity index (χ1) is 9.55. The number of benzene rings is 1. The zero-order valence-electron chi connectivity index (χ0n) is 11.4. The summed E-state index contributed by atoms with van der Waals surface area (Å²) in [4.78, 5) is 2.59. The van der Waals surface area contributed by atoms with Gasteiger partial charge in [-0.15, -0.1) is 4.83 Å². The summed E-state index contributed by atoms with van der Waals surface area (Å²) in [5.41, 5.74) is 6.22. The molecule has 6 nitrogen and oxygen atoms in total. The van der Waals surface area contributed by atoms with Crippen molar-refractivity contribution in [3.63, 3.8) is 0 Å². The van der Waals surface area contributed by atoms with Crippen LogP contribution >= 0.6 is 0 Å². The Balaban J connectivity index is 1.77. The van der Waals surface area contributed by atoms with Gasteiger partial charge in [0, 0.05) is 24.8 Å². The maximum Gasteiger partial charge on any atom is 0.227 e. The van der Waals surface area contributed by atoms with Crippen LogP contribution in [0.2, 0.25) is 0 Å². The number of piperidine rings is 1. The molecule has 7 heteroatoms. The largest absolute Gasteiger partial charge is 0.492 e. The van der Waals surface area contributed by atoms with Gasteiger partial charge in [-0.3, -0.25) is 0 Å². The van der Waals surface area contributed by atoms with Crippen LogP contribution in [-0.2, 0) is 10.0 Å². The predicted molar refractivity (Wildman–Crippen MR) is 78.7 cm³/mol. The Morgan fingerprint density at radius 2 is 2.00 bits per heavy atom. The summed E-state index contributed by atoms with van der Waals surface area (Å²) < 4.78 is 29.2. The van der Waals surface area contributed by atoms with Crippen molar-refractivity contribution in [3.05, 3.63) is 24.3 Å². The fourth-order valence-electron chi connectivity index (χ4n) is 2.10. The SMILES string of the molecule is Nc1cccc(OCCS(=O)(=O)NN2CCCCC2)c1. The van der Waals surface area contributed by atoms with E-state index in [0.717, 1.165) is 32.4 Å². The number of hydrogen-bond acceptors (Lipinski definition) is 5. The van der Waals surface area contributed by atoms with Crippen molar-refractivity contribution >= 4 is 15.7 Å². The smallest absolute Gasteiger partial charge is 0.227 e. The molecule has 1 aromatic rings. The van der Waals surface area contributed by atoms with Crippen LogP contribution in [0, 0.1) is 0 Å². The summed E-state index contributed by atoms with van der Waals surface area (Å²) in [6.45, 7) is 1.65. The Hall–Kier alpha value is -1.31. The third-order valence-corrected chi connectivity index (χ3v) is 4.34. The summed E-state index contributed by atoms with van der Waals surface area (Å²) in [7, 11) is -3.34. The zero-order valence-corrected chi connectivity index (χ0v) is 12.2. The van der Waals surface area contributed by atoms with E-state index in [4.69, 9.17) is 10.5 Å². The minimum Gasteiger partial charge on any atom is -0.492 e. The van der Waals surface area contributed by atoms with E-state index < -0.39 is 10.0 Å². The molecular formula is C13H21N3O3S. The fourth-order valence-corrected chi connectivity index (χ4v) is 3.07. The first-order valence-electron chi connectivity index (χ1n) is 6.79. The van der Waals surface area contributed by atoms with Gasteiger partial charge in [0.25, 0.3) is 0 Å². The van der Waals surface area contributed by atoms with Gasteiger partial charge in [-0.05, 0) is 25.0 Å². The van der Waals surface area contributed by atoms with Crippen LogP contribution in [-0.4, -0.2) is 38.9 Å². The number of nitrogens with zero attached hydrogens (tertiary/aromatic N) is 1. The summed E-state index contributed by atoms with van der Waals surface area (Å²) in [6, 6.07) is 6.94. The summed E-state index contributed by atoms with van der Waals surface area (Å²) in [6.07, 6.45) is 3.22. The van der Waals surface area contributed by atoms with Gasteiger partial charge in [-0.2, -0.15) is 0 Å². The molecule has 1 fully saturated rings. The third-order valence-electron chi connectivity index (χ3n) is 3.10. The van der Waals surface area contributed by atoms with E-state index in [1.165, 1.54) is 0 Å². The van der Waals surface area contributed by atoms with Crippen LogP contribution in [0.15, 0.2) is 24.3 Å². The molecule has 0 saturated carbocycles. The molecule has 1 saturated heterocycles. The topological polar surface area (TPSA) is 84.7 Å². The average molecular weight is 299 g/mol. The van der Waals surface area contributed by atoms with Gasteiger partial charge < -0.3 is 10.5 Å². The van der Waals surface area contributed by atoms with Gasteiger partial charge in [-0.1, -0.05) is 12.5 Å². The Morgan fingerprint density at radius 1 is 1.25 bits per heavy atom. The minimum atomic E-state index is -3.34.